The second-order valence-corrected chi connectivity index (χ2v) is 5.62. The van der Waals surface area contributed by atoms with E-state index >= 15 is 0 Å². The van der Waals surface area contributed by atoms with Crippen LogP contribution in [0.3, 0.4) is 0 Å². The van der Waals surface area contributed by atoms with Gasteiger partial charge in [-0.1, -0.05) is 12.1 Å². The molecule has 1 aromatic rings. The number of ether oxygens (including phenoxy) is 2. The Morgan fingerprint density at radius 3 is 2.62 bits per heavy atom. The van der Waals surface area contributed by atoms with Gasteiger partial charge in [0.25, 0.3) is 0 Å². The molecule has 0 aromatic heterocycles. The molecule has 0 unspecified atom stereocenters. The molecule has 21 heavy (non-hydrogen) atoms. The number of rotatable bonds is 3. The number of nitrogens with zero attached hydrogens (tertiary/aromatic N) is 1. The van der Waals surface area contributed by atoms with Crippen molar-refractivity contribution in [3.05, 3.63) is 35.6 Å². The molecule has 5 heteroatoms. The maximum absolute atomic E-state index is 13.1. The fourth-order valence-electron chi connectivity index (χ4n) is 2.98. The maximum Gasteiger partial charge on any atom is 0.222 e. The Bertz CT molecular complexity index is 504. The Morgan fingerprint density at radius 1 is 1.24 bits per heavy atom. The molecule has 1 amide bonds. The molecule has 1 spiro atoms. The quantitative estimate of drug-likeness (QED) is 0.857. The van der Waals surface area contributed by atoms with Gasteiger partial charge in [0.1, 0.15) is 5.82 Å². The van der Waals surface area contributed by atoms with E-state index in [4.69, 9.17) is 9.47 Å². The first-order valence-electron chi connectivity index (χ1n) is 7.47. The SMILES string of the molecule is O=C(CCc1cccc(F)c1)N1CCC2(CC1)OCCO2. The van der Waals surface area contributed by atoms with Crippen molar-refractivity contribution in [2.45, 2.75) is 31.5 Å². The van der Waals surface area contributed by atoms with Crippen LogP contribution in [0.4, 0.5) is 4.39 Å². The molecule has 0 bridgehead atoms. The van der Waals surface area contributed by atoms with E-state index < -0.39 is 5.79 Å². The van der Waals surface area contributed by atoms with Crippen LogP contribution in [0.15, 0.2) is 24.3 Å². The standard InChI is InChI=1S/C16H20FNO3/c17-14-3-1-2-13(12-14)4-5-15(19)18-8-6-16(7-9-18)20-10-11-21-16/h1-3,12H,4-11H2. The van der Waals surface area contributed by atoms with Crippen molar-refractivity contribution in [1.82, 2.24) is 4.90 Å². The largest absolute Gasteiger partial charge is 0.347 e. The predicted molar refractivity (Wildman–Crippen MR) is 75.2 cm³/mol. The molecule has 0 saturated carbocycles. The summed E-state index contributed by atoms with van der Waals surface area (Å²) in [5.41, 5.74) is 0.860. The Balaban J connectivity index is 1.48. The number of carbonyl (C=O) groups excluding carboxylic acids is 1. The van der Waals surface area contributed by atoms with E-state index in [1.54, 1.807) is 6.07 Å². The lowest BCUT2D eigenvalue weighted by molar-refractivity contribution is -0.187. The van der Waals surface area contributed by atoms with Crippen LogP contribution in [0, 0.1) is 5.82 Å². The predicted octanol–water partition coefficient (Wildman–Crippen LogP) is 2.12. The lowest BCUT2D eigenvalue weighted by atomic mass is 10.0. The first kappa shape index (κ1) is 14.5. The van der Waals surface area contributed by atoms with E-state index in [0.717, 1.165) is 18.4 Å². The smallest absolute Gasteiger partial charge is 0.222 e. The summed E-state index contributed by atoms with van der Waals surface area (Å²) in [6.45, 7) is 2.63. The van der Waals surface area contributed by atoms with Gasteiger partial charge in [0.15, 0.2) is 5.79 Å². The van der Waals surface area contributed by atoms with Crippen LogP contribution in [0.2, 0.25) is 0 Å². The number of benzene rings is 1. The highest BCUT2D eigenvalue weighted by Crippen LogP contribution is 2.31. The van der Waals surface area contributed by atoms with Gasteiger partial charge in [-0.25, -0.2) is 4.39 Å². The van der Waals surface area contributed by atoms with Gasteiger partial charge in [0, 0.05) is 32.4 Å². The number of amides is 1. The van der Waals surface area contributed by atoms with E-state index in [0.29, 0.717) is 39.1 Å². The zero-order valence-corrected chi connectivity index (χ0v) is 12.0. The summed E-state index contributed by atoms with van der Waals surface area (Å²) in [6.07, 6.45) is 2.46. The molecule has 2 aliphatic heterocycles. The van der Waals surface area contributed by atoms with Crippen LogP contribution < -0.4 is 0 Å². The summed E-state index contributed by atoms with van der Waals surface area (Å²) in [7, 11) is 0. The minimum atomic E-state index is -0.445. The van der Waals surface area contributed by atoms with Gasteiger partial charge in [0.2, 0.25) is 5.91 Å². The van der Waals surface area contributed by atoms with Crippen molar-refractivity contribution >= 4 is 5.91 Å². The zero-order chi connectivity index (χ0) is 14.7. The van der Waals surface area contributed by atoms with E-state index in [1.807, 2.05) is 11.0 Å². The number of hydrogen-bond donors (Lipinski definition) is 0. The Hall–Kier alpha value is -1.46. The van der Waals surface area contributed by atoms with Gasteiger partial charge >= 0.3 is 0 Å². The van der Waals surface area contributed by atoms with Gasteiger partial charge in [-0.05, 0) is 24.1 Å². The van der Waals surface area contributed by atoms with Crippen LogP contribution >= 0.6 is 0 Å². The molecule has 2 aliphatic rings. The molecule has 4 nitrogen and oxygen atoms in total. The van der Waals surface area contributed by atoms with Gasteiger partial charge in [-0.3, -0.25) is 4.79 Å². The molecule has 3 rings (SSSR count). The van der Waals surface area contributed by atoms with Crippen LogP contribution in [0.5, 0.6) is 0 Å². The van der Waals surface area contributed by atoms with Gasteiger partial charge in [-0.15, -0.1) is 0 Å². The second-order valence-electron chi connectivity index (χ2n) is 5.62. The Morgan fingerprint density at radius 2 is 1.95 bits per heavy atom. The van der Waals surface area contributed by atoms with E-state index in [9.17, 15) is 9.18 Å². The Labute approximate surface area is 123 Å². The van der Waals surface area contributed by atoms with Gasteiger partial charge in [0.05, 0.1) is 13.2 Å². The van der Waals surface area contributed by atoms with E-state index in [-0.39, 0.29) is 11.7 Å². The molecular weight excluding hydrogens is 273 g/mol. The molecule has 2 fully saturated rings. The van der Waals surface area contributed by atoms with E-state index in [2.05, 4.69) is 0 Å². The van der Waals surface area contributed by atoms with E-state index in [1.165, 1.54) is 12.1 Å². The van der Waals surface area contributed by atoms with Crippen molar-refractivity contribution in [1.29, 1.82) is 0 Å². The number of likely N-dealkylation sites (tertiary alicyclic amines) is 1. The van der Waals surface area contributed by atoms with Crippen molar-refractivity contribution in [2.75, 3.05) is 26.3 Å². The summed E-state index contributed by atoms with van der Waals surface area (Å²) >= 11 is 0. The van der Waals surface area contributed by atoms with Crippen LogP contribution in [-0.2, 0) is 20.7 Å². The second kappa shape index (κ2) is 6.12. The number of aryl methyl sites for hydroxylation is 1. The number of carbonyl (C=O) groups is 1. The molecule has 1 aromatic carbocycles. The minimum absolute atomic E-state index is 0.118. The fourth-order valence-corrected chi connectivity index (χ4v) is 2.98. The normalized spacial score (nSPS) is 20.9. The van der Waals surface area contributed by atoms with Crippen molar-refractivity contribution in [3.8, 4) is 0 Å². The topological polar surface area (TPSA) is 38.8 Å². The average Bonchev–Trinajstić information content (AvgIpc) is 2.94. The molecular formula is C16H20FNO3. The van der Waals surface area contributed by atoms with Crippen LogP contribution in [-0.4, -0.2) is 42.9 Å². The summed E-state index contributed by atoms with van der Waals surface area (Å²) in [6, 6.07) is 6.42. The first-order chi connectivity index (χ1) is 10.2. The third-order valence-corrected chi connectivity index (χ3v) is 4.21. The number of halogens is 1. The summed E-state index contributed by atoms with van der Waals surface area (Å²) < 4.78 is 24.4. The molecule has 0 radical (unpaired) electrons. The summed E-state index contributed by atoms with van der Waals surface area (Å²) in [5.74, 6) is -0.582. The van der Waals surface area contributed by atoms with Crippen molar-refractivity contribution in [3.63, 3.8) is 0 Å². The highest BCUT2D eigenvalue weighted by molar-refractivity contribution is 5.76. The maximum atomic E-state index is 13.1. The van der Waals surface area contributed by atoms with Gasteiger partial charge in [-0.2, -0.15) is 0 Å². The van der Waals surface area contributed by atoms with Gasteiger partial charge < -0.3 is 14.4 Å². The number of hydrogen-bond acceptors (Lipinski definition) is 3. The van der Waals surface area contributed by atoms with Crippen LogP contribution in [0.25, 0.3) is 0 Å². The molecule has 0 atom stereocenters. The fraction of sp³-hybridized carbons (Fsp3) is 0.562. The number of piperidine rings is 1. The first-order valence-corrected chi connectivity index (χ1v) is 7.47. The van der Waals surface area contributed by atoms with Crippen molar-refractivity contribution in [2.24, 2.45) is 0 Å². The lowest BCUT2D eigenvalue weighted by Crippen LogP contribution is -2.47. The third kappa shape index (κ3) is 3.41. The molecule has 0 aliphatic carbocycles. The monoisotopic (exact) mass is 293 g/mol. The lowest BCUT2D eigenvalue weighted by Gasteiger charge is -2.37. The van der Waals surface area contributed by atoms with Crippen LogP contribution in [0.1, 0.15) is 24.8 Å². The summed E-state index contributed by atoms with van der Waals surface area (Å²) in [5, 5.41) is 0. The highest BCUT2D eigenvalue weighted by Gasteiger charge is 2.40. The average molecular weight is 293 g/mol. The summed E-state index contributed by atoms with van der Waals surface area (Å²) in [4.78, 5) is 14.1. The zero-order valence-electron chi connectivity index (χ0n) is 12.0. The molecule has 2 heterocycles. The Kier molecular flexibility index (Phi) is 4.22. The molecule has 0 N–H and O–H groups in total. The van der Waals surface area contributed by atoms with Crippen molar-refractivity contribution < 1.29 is 18.7 Å². The molecule has 2 saturated heterocycles. The minimum Gasteiger partial charge on any atom is -0.347 e. The third-order valence-electron chi connectivity index (χ3n) is 4.21. The highest BCUT2D eigenvalue weighted by atomic mass is 19.1. The molecule has 114 valence electrons.